The molecule has 0 fully saturated rings. The predicted octanol–water partition coefficient (Wildman–Crippen LogP) is 4.09. The summed E-state index contributed by atoms with van der Waals surface area (Å²) in [5.74, 6) is 1.64. The van der Waals surface area contributed by atoms with Gasteiger partial charge in [0, 0.05) is 18.0 Å². The first-order valence-electron chi connectivity index (χ1n) is 7.98. The SMILES string of the molecule is Nc1ccc2c(c1)nc(N)n2Cc1ccc(Oc2ccc(Cl)cn2)cc1. The zero-order valence-electron chi connectivity index (χ0n) is 13.8. The van der Waals surface area contributed by atoms with Crippen LogP contribution in [0.25, 0.3) is 11.0 Å². The number of rotatable bonds is 4. The van der Waals surface area contributed by atoms with Gasteiger partial charge >= 0.3 is 0 Å². The second-order valence-corrected chi connectivity index (χ2v) is 6.30. The minimum atomic E-state index is 0.455. The predicted molar refractivity (Wildman–Crippen MR) is 103 cm³/mol. The molecule has 26 heavy (non-hydrogen) atoms. The summed E-state index contributed by atoms with van der Waals surface area (Å²) in [5, 5.41) is 0.569. The van der Waals surface area contributed by atoms with Crippen LogP contribution in [0.15, 0.2) is 60.8 Å². The Morgan fingerprint density at radius 2 is 1.81 bits per heavy atom. The molecule has 4 aromatic rings. The largest absolute Gasteiger partial charge is 0.439 e. The smallest absolute Gasteiger partial charge is 0.219 e. The highest BCUT2D eigenvalue weighted by atomic mass is 35.5. The average Bonchev–Trinajstić information content (AvgIpc) is 2.93. The van der Waals surface area contributed by atoms with E-state index in [9.17, 15) is 0 Å². The zero-order valence-corrected chi connectivity index (χ0v) is 14.5. The number of halogens is 1. The second kappa shape index (κ2) is 6.57. The Morgan fingerprint density at radius 1 is 1.00 bits per heavy atom. The monoisotopic (exact) mass is 365 g/mol. The standard InChI is InChI=1S/C19H16ClN5O/c20-13-3-8-18(23-10-13)26-15-5-1-12(2-6-15)11-25-17-7-4-14(21)9-16(17)24-19(25)22/h1-10H,11,21H2,(H2,22,24). The maximum absolute atomic E-state index is 6.06. The summed E-state index contributed by atoms with van der Waals surface area (Å²) in [5.41, 5.74) is 15.3. The van der Waals surface area contributed by atoms with E-state index in [1.807, 2.05) is 47.0 Å². The lowest BCUT2D eigenvalue weighted by atomic mass is 10.2. The van der Waals surface area contributed by atoms with Gasteiger partial charge in [0.1, 0.15) is 5.75 Å². The number of hydrogen-bond donors (Lipinski definition) is 2. The molecule has 2 aromatic heterocycles. The van der Waals surface area contributed by atoms with Crippen molar-refractivity contribution in [1.29, 1.82) is 0 Å². The molecule has 7 heteroatoms. The number of aromatic nitrogens is 3. The number of anilines is 2. The molecule has 130 valence electrons. The molecule has 6 nitrogen and oxygen atoms in total. The van der Waals surface area contributed by atoms with E-state index in [4.69, 9.17) is 27.8 Å². The number of nitrogens with two attached hydrogens (primary N) is 2. The van der Waals surface area contributed by atoms with Gasteiger partial charge in [0.2, 0.25) is 11.8 Å². The molecule has 4 rings (SSSR count). The Balaban J connectivity index is 1.54. The summed E-state index contributed by atoms with van der Waals surface area (Å²) < 4.78 is 7.65. The van der Waals surface area contributed by atoms with Crippen LogP contribution < -0.4 is 16.2 Å². The number of nitrogens with zero attached hydrogens (tertiary/aromatic N) is 3. The lowest BCUT2D eigenvalue weighted by Crippen LogP contribution is -2.04. The Morgan fingerprint density at radius 3 is 2.54 bits per heavy atom. The molecule has 4 N–H and O–H groups in total. The molecular weight excluding hydrogens is 350 g/mol. The molecule has 0 amide bonds. The van der Waals surface area contributed by atoms with Crippen LogP contribution in [0.4, 0.5) is 11.6 Å². The van der Waals surface area contributed by atoms with E-state index in [0.717, 1.165) is 16.6 Å². The van der Waals surface area contributed by atoms with Gasteiger partial charge in [0.25, 0.3) is 0 Å². The van der Waals surface area contributed by atoms with E-state index in [0.29, 0.717) is 34.8 Å². The minimum Gasteiger partial charge on any atom is -0.439 e. The fourth-order valence-corrected chi connectivity index (χ4v) is 2.83. The molecule has 2 aromatic carbocycles. The lowest BCUT2D eigenvalue weighted by molar-refractivity contribution is 0.463. The first-order valence-corrected chi connectivity index (χ1v) is 8.36. The van der Waals surface area contributed by atoms with Crippen molar-refractivity contribution in [2.75, 3.05) is 11.5 Å². The van der Waals surface area contributed by atoms with Crippen molar-refractivity contribution in [3.05, 3.63) is 71.4 Å². The highest BCUT2D eigenvalue weighted by Crippen LogP contribution is 2.24. The van der Waals surface area contributed by atoms with Crippen LogP contribution in [-0.2, 0) is 6.54 Å². The summed E-state index contributed by atoms with van der Waals surface area (Å²) >= 11 is 5.82. The fourth-order valence-electron chi connectivity index (χ4n) is 2.72. The van der Waals surface area contributed by atoms with E-state index in [-0.39, 0.29) is 0 Å². The molecule has 0 bridgehead atoms. The van der Waals surface area contributed by atoms with Crippen LogP contribution in [-0.4, -0.2) is 14.5 Å². The highest BCUT2D eigenvalue weighted by Gasteiger charge is 2.09. The molecule has 0 atom stereocenters. The maximum atomic E-state index is 6.06. The van der Waals surface area contributed by atoms with Gasteiger partial charge in [-0.15, -0.1) is 0 Å². The third kappa shape index (κ3) is 3.27. The molecule has 0 spiro atoms. The van der Waals surface area contributed by atoms with Crippen LogP contribution in [0.2, 0.25) is 5.02 Å². The summed E-state index contributed by atoms with van der Waals surface area (Å²) in [4.78, 5) is 8.48. The summed E-state index contributed by atoms with van der Waals surface area (Å²) in [6, 6.07) is 16.8. The highest BCUT2D eigenvalue weighted by molar-refractivity contribution is 6.30. The van der Waals surface area contributed by atoms with Crippen molar-refractivity contribution in [2.45, 2.75) is 6.54 Å². The number of hydrogen-bond acceptors (Lipinski definition) is 5. The maximum Gasteiger partial charge on any atom is 0.219 e. The molecule has 0 aliphatic carbocycles. The summed E-state index contributed by atoms with van der Waals surface area (Å²) in [7, 11) is 0. The van der Waals surface area contributed by atoms with Crippen LogP contribution in [0.5, 0.6) is 11.6 Å². The minimum absolute atomic E-state index is 0.455. The van der Waals surface area contributed by atoms with Crippen LogP contribution in [0.1, 0.15) is 5.56 Å². The van der Waals surface area contributed by atoms with Crippen molar-refractivity contribution in [1.82, 2.24) is 14.5 Å². The number of benzene rings is 2. The summed E-state index contributed by atoms with van der Waals surface area (Å²) in [6.07, 6.45) is 1.55. The van der Waals surface area contributed by atoms with Crippen molar-refractivity contribution in [2.24, 2.45) is 0 Å². The normalized spacial score (nSPS) is 11.0. The first-order chi connectivity index (χ1) is 12.6. The third-order valence-corrected chi connectivity index (χ3v) is 4.21. The molecule has 0 radical (unpaired) electrons. The number of fused-ring (bicyclic) bond motifs is 1. The average molecular weight is 366 g/mol. The number of imidazole rings is 1. The first kappa shape index (κ1) is 16.2. The van der Waals surface area contributed by atoms with Gasteiger partial charge in [-0.25, -0.2) is 9.97 Å². The fraction of sp³-hybridized carbons (Fsp3) is 0.0526. The number of nitrogen functional groups attached to an aromatic ring is 2. The Bertz CT molecular complexity index is 1060. The van der Waals surface area contributed by atoms with Crippen LogP contribution in [0, 0.1) is 0 Å². The van der Waals surface area contributed by atoms with E-state index >= 15 is 0 Å². The molecule has 0 saturated carbocycles. The molecule has 0 aliphatic rings. The number of pyridine rings is 1. The van der Waals surface area contributed by atoms with Gasteiger partial charge in [-0.1, -0.05) is 23.7 Å². The lowest BCUT2D eigenvalue weighted by Gasteiger charge is -2.09. The third-order valence-electron chi connectivity index (χ3n) is 3.99. The quantitative estimate of drug-likeness (QED) is 0.531. The van der Waals surface area contributed by atoms with Gasteiger partial charge in [-0.05, 0) is 42.0 Å². The van der Waals surface area contributed by atoms with E-state index < -0.39 is 0 Å². The Hall–Kier alpha value is -3.25. The topological polar surface area (TPSA) is 92.0 Å². The van der Waals surface area contributed by atoms with Crippen molar-refractivity contribution < 1.29 is 4.74 Å². The molecule has 0 saturated heterocycles. The molecule has 2 heterocycles. The van der Waals surface area contributed by atoms with Crippen LogP contribution >= 0.6 is 11.6 Å². The van der Waals surface area contributed by atoms with Crippen LogP contribution in [0.3, 0.4) is 0 Å². The molecular formula is C19H16ClN5O. The summed E-state index contributed by atoms with van der Waals surface area (Å²) in [6.45, 7) is 0.603. The van der Waals surface area contributed by atoms with Gasteiger partial charge < -0.3 is 20.8 Å². The van der Waals surface area contributed by atoms with Crippen molar-refractivity contribution in [3.63, 3.8) is 0 Å². The Labute approximate surface area is 155 Å². The zero-order chi connectivity index (χ0) is 18.1. The van der Waals surface area contributed by atoms with E-state index in [1.54, 1.807) is 18.3 Å². The van der Waals surface area contributed by atoms with E-state index in [1.165, 1.54) is 0 Å². The van der Waals surface area contributed by atoms with Gasteiger partial charge in [0.05, 0.1) is 22.6 Å². The van der Waals surface area contributed by atoms with E-state index in [2.05, 4.69) is 9.97 Å². The van der Waals surface area contributed by atoms with Crippen molar-refractivity contribution >= 4 is 34.3 Å². The molecule has 0 aliphatic heterocycles. The van der Waals surface area contributed by atoms with Gasteiger partial charge in [0.15, 0.2) is 0 Å². The number of ether oxygens (including phenoxy) is 1. The van der Waals surface area contributed by atoms with Gasteiger partial charge in [-0.3, -0.25) is 0 Å². The van der Waals surface area contributed by atoms with Crippen molar-refractivity contribution in [3.8, 4) is 11.6 Å². The molecule has 0 unspecified atom stereocenters. The second-order valence-electron chi connectivity index (χ2n) is 5.86. The Kier molecular flexibility index (Phi) is 4.10. The van der Waals surface area contributed by atoms with Gasteiger partial charge in [-0.2, -0.15) is 0 Å².